The van der Waals surface area contributed by atoms with Crippen molar-refractivity contribution in [2.75, 3.05) is 10.6 Å². The van der Waals surface area contributed by atoms with Crippen LogP contribution in [0.3, 0.4) is 0 Å². The lowest BCUT2D eigenvalue weighted by Crippen LogP contribution is -2.12. The molecule has 0 spiro atoms. The third-order valence-corrected chi connectivity index (χ3v) is 5.74. The Morgan fingerprint density at radius 1 is 0.750 bits per heavy atom. The maximum atomic E-state index is 11.5. The minimum atomic E-state index is -0.557. The fourth-order valence-corrected chi connectivity index (χ4v) is 3.55. The van der Waals surface area contributed by atoms with Crippen LogP contribution in [0.15, 0.2) is 73.1 Å². The summed E-state index contributed by atoms with van der Waals surface area (Å²) in [4.78, 5) is 22.9. The summed E-state index contributed by atoms with van der Waals surface area (Å²) in [6, 6.07) is 22.7. The number of benzene rings is 2. The Morgan fingerprint density at radius 3 is 1.40 bits per heavy atom. The Balaban J connectivity index is 0.000000220. The number of carbonyl (C=O) groups excluding carboxylic acids is 2. The number of nitrogens with two attached hydrogens (primary N) is 2. The molecule has 0 unspecified atom stereocenters. The van der Waals surface area contributed by atoms with Crippen molar-refractivity contribution in [1.29, 1.82) is 10.5 Å². The molecule has 2 heterocycles. The monoisotopic (exact) mass is 538 g/mol. The number of carbonyl (C=O) groups is 2. The predicted molar refractivity (Wildman–Crippen MR) is 151 cm³/mol. The molecule has 204 valence electrons. The molecule has 0 saturated heterocycles. The van der Waals surface area contributed by atoms with Crippen LogP contribution < -0.4 is 22.1 Å². The Bertz CT molecular complexity index is 1400. The van der Waals surface area contributed by atoms with Gasteiger partial charge in [-0.3, -0.25) is 19.0 Å². The number of nitrogens with one attached hydrogen (secondary N) is 2. The largest absolute Gasteiger partial charge is 0.365 e. The van der Waals surface area contributed by atoms with Crippen molar-refractivity contribution in [2.45, 2.75) is 38.8 Å². The van der Waals surface area contributed by atoms with Gasteiger partial charge in [-0.05, 0) is 38.1 Å². The molecule has 2 aromatic carbocycles. The maximum Gasteiger partial charge on any atom is 0.254 e. The number of nitrogens with zero attached hydrogens (tertiary/aromatic N) is 6. The lowest BCUT2D eigenvalue weighted by molar-refractivity contribution is 0.0992. The van der Waals surface area contributed by atoms with Gasteiger partial charge < -0.3 is 22.1 Å². The van der Waals surface area contributed by atoms with E-state index in [0.717, 1.165) is 11.4 Å². The summed E-state index contributed by atoms with van der Waals surface area (Å²) < 4.78 is 3.16. The zero-order valence-corrected chi connectivity index (χ0v) is 22.2. The molecule has 12 nitrogen and oxygen atoms in total. The first kappa shape index (κ1) is 28.9. The molecule has 0 radical (unpaired) electrons. The van der Waals surface area contributed by atoms with Crippen LogP contribution in [0.4, 0.5) is 23.0 Å². The van der Waals surface area contributed by atoms with E-state index in [-0.39, 0.29) is 12.1 Å². The van der Waals surface area contributed by atoms with Crippen LogP contribution in [-0.2, 0) is 0 Å². The fraction of sp³-hybridized carbons (Fsp3) is 0.214. The second kappa shape index (κ2) is 13.8. The van der Waals surface area contributed by atoms with Crippen molar-refractivity contribution in [1.82, 2.24) is 19.6 Å². The number of hydrogen-bond donors (Lipinski definition) is 4. The van der Waals surface area contributed by atoms with Crippen LogP contribution >= 0.6 is 0 Å². The molecule has 2 aromatic heterocycles. The van der Waals surface area contributed by atoms with Gasteiger partial charge in [-0.2, -0.15) is 20.7 Å². The van der Waals surface area contributed by atoms with Crippen LogP contribution in [0.1, 0.15) is 59.5 Å². The van der Waals surface area contributed by atoms with Crippen LogP contribution in [0.5, 0.6) is 0 Å². The smallest absolute Gasteiger partial charge is 0.254 e. The van der Waals surface area contributed by atoms with Gasteiger partial charge in [-0.25, -0.2) is 0 Å². The fourth-order valence-electron chi connectivity index (χ4n) is 3.55. The lowest BCUT2D eigenvalue weighted by atomic mass is 10.2. The van der Waals surface area contributed by atoms with E-state index in [2.05, 4.69) is 33.0 Å². The van der Waals surface area contributed by atoms with E-state index in [1.165, 1.54) is 0 Å². The first-order chi connectivity index (χ1) is 19.2. The van der Waals surface area contributed by atoms with Crippen molar-refractivity contribution in [3.63, 3.8) is 0 Å². The minimum absolute atomic E-state index is 0.121. The average molecular weight is 539 g/mol. The Hall–Kier alpha value is -5.62. The Morgan fingerprint density at radius 2 is 1.10 bits per heavy atom. The summed E-state index contributed by atoms with van der Waals surface area (Å²) in [5.74, 6) is -0.320. The van der Waals surface area contributed by atoms with Gasteiger partial charge in [0, 0.05) is 23.8 Å². The van der Waals surface area contributed by atoms with E-state index < -0.39 is 11.8 Å². The number of para-hydroxylation sites is 2. The maximum absolute atomic E-state index is 11.5. The van der Waals surface area contributed by atoms with E-state index in [9.17, 15) is 9.59 Å². The highest BCUT2D eigenvalue weighted by atomic mass is 16.1. The van der Waals surface area contributed by atoms with E-state index in [1.54, 1.807) is 21.8 Å². The standard InChI is InChI=1S/2C14H15N5O/c2*1-10(7-8-15)19-9-12(13(16)20)14(18-19)17-11-5-3-2-4-6-11/h2*2-6,9-10H,7H2,1H3,(H2,16,20)(H,17,18)/t2*10-/m10/s1. The zero-order chi connectivity index (χ0) is 29.1. The summed E-state index contributed by atoms with van der Waals surface area (Å²) in [5.41, 5.74) is 13.0. The third-order valence-electron chi connectivity index (χ3n) is 5.74. The molecular weight excluding hydrogens is 508 g/mol. The molecule has 0 fully saturated rings. The van der Waals surface area contributed by atoms with Gasteiger partial charge in [0.05, 0.1) is 37.1 Å². The molecule has 0 bridgehead atoms. The van der Waals surface area contributed by atoms with Gasteiger partial charge in [-0.15, -0.1) is 0 Å². The molecule has 0 saturated carbocycles. The van der Waals surface area contributed by atoms with Crippen molar-refractivity contribution < 1.29 is 9.59 Å². The van der Waals surface area contributed by atoms with Crippen LogP contribution in [-0.4, -0.2) is 31.4 Å². The SMILES string of the molecule is C[C@@H](CC#N)n1cc(C(N)=O)c(Nc2ccccc2)n1.C[C@H](CC#N)n1cc(C(N)=O)c(Nc2ccccc2)n1. The van der Waals surface area contributed by atoms with Gasteiger partial charge in [0.1, 0.15) is 11.1 Å². The molecule has 4 rings (SSSR count). The van der Waals surface area contributed by atoms with E-state index in [4.69, 9.17) is 22.0 Å². The first-order valence-electron chi connectivity index (χ1n) is 12.4. The molecule has 6 N–H and O–H groups in total. The summed E-state index contributed by atoms with van der Waals surface area (Å²) in [7, 11) is 0. The first-order valence-corrected chi connectivity index (χ1v) is 12.4. The average Bonchev–Trinajstić information content (AvgIpc) is 3.56. The molecule has 12 heteroatoms. The van der Waals surface area contributed by atoms with Crippen molar-refractivity contribution >= 4 is 34.8 Å². The molecule has 0 aliphatic heterocycles. The Kier molecular flexibility index (Phi) is 9.98. The minimum Gasteiger partial charge on any atom is -0.365 e. The van der Waals surface area contributed by atoms with Crippen LogP contribution in [0, 0.1) is 22.7 Å². The molecule has 40 heavy (non-hydrogen) atoms. The highest BCUT2D eigenvalue weighted by Crippen LogP contribution is 2.23. The van der Waals surface area contributed by atoms with Gasteiger partial charge in [0.15, 0.2) is 11.6 Å². The van der Waals surface area contributed by atoms with Crippen molar-refractivity contribution in [2.24, 2.45) is 11.5 Å². The highest BCUT2D eigenvalue weighted by Gasteiger charge is 2.18. The van der Waals surface area contributed by atoms with Crippen LogP contribution in [0.25, 0.3) is 0 Å². The van der Waals surface area contributed by atoms with Crippen molar-refractivity contribution in [3.05, 3.63) is 84.2 Å². The van der Waals surface area contributed by atoms with Gasteiger partial charge in [0.25, 0.3) is 11.8 Å². The summed E-state index contributed by atoms with van der Waals surface area (Å²) in [5, 5.41) is 32.1. The molecular formula is C28H30N10O2. The second-order valence-corrected chi connectivity index (χ2v) is 8.88. The predicted octanol–water partition coefficient (Wildman–Crippen LogP) is 4.40. The number of primary amides is 2. The van der Waals surface area contributed by atoms with E-state index >= 15 is 0 Å². The van der Waals surface area contributed by atoms with Gasteiger partial charge >= 0.3 is 0 Å². The number of amides is 2. The lowest BCUT2D eigenvalue weighted by Gasteiger charge is -2.07. The zero-order valence-electron chi connectivity index (χ0n) is 22.2. The highest BCUT2D eigenvalue weighted by molar-refractivity contribution is 5.98. The van der Waals surface area contributed by atoms with Gasteiger partial charge in [0.2, 0.25) is 0 Å². The third kappa shape index (κ3) is 7.69. The van der Waals surface area contributed by atoms with E-state index in [1.807, 2.05) is 74.5 Å². The normalized spacial score (nSPS) is 11.6. The number of aromatic nitrogens is 4. The van der Waals surface area contributed by atoms with E-state index in [0.29, 0.717) is 35.6 Å². The number of hydrogen-bond acceptors (Lipinski definition) is 8. The molecule has 0 aliphatic rings. The summed E-state index contributed by atoms with van der Waals surface area (Å²) >= 11 is 0. The molecule has 2 atom stereocenters. The van der Waals surface area contributed by atoms with Crippen LogP contribution in [0.2, 0.25) is 0 Å². The van der Waals surface area contributed by atoms with Crippen molar-refractivity contribution in [3.8, 4) is 12.1 Å². The van der Waals surface area contributed by atoms with Gasteiger partial charge in [-0.1, -0.05) is 36.4 Å². The topological polar surface area (TPSA) is 193 Å². The molecule has 4 aromatic rings. The number of nitriles is 2. The Labute approximate surface area is 231 Å². The number of rotatable bonds is 10. The second-order valence-electron chi connectivity index (χ2n) is 8.88. The summed E-state index contributed by atoms with van der Waals surface area (Å²) in [6.07, 6.45) is 3.75. The quantitative estimate of drug-likeness (QED) is 0.228. The summed E-state index contributed by atoms with van der Waals surface area (Å²) in [6.45, 7) is 3.71. The molecule has 0 aliphatic carbocycles. The number of anilines is 4. The molecule has 2 amide bonds.